The molecule has 1 aliphatic heterocycles. The van der Waals surface area contributed by atoms with E-state index in [-0.39, 0.29) is 6.54 Å². The molecule has 2 heterocycles. The van der Waals surface area contributed by atoms with Crippen molar-refractivity contribution in [2.75, 3.05) is 6.61 Å². The van der Waals surface area contributed by atoms with Gasteiger partial charge in [0, 0.05) is 12.3 Å². The van der Waals surface area contributed by atoms with Gasteiger partial charge in [-0.15, -0.1) is 0 Å². The number of ether oxygens (including phenoxy) is 1. The summed E-state index contributed by atoms with van der Waals surface area (Å²) in [4.78, 5) is 24.7. The van der Waals surface area contributed by atoms with Crippen molar-refractivity contribution in [1.29, 1.82) is 0 Å². The molecule has 0 saturated carbocycles. The molecule has 8 nitrogen and oxygen atoms in total. The summed E-state index contributed by atoms with van der Waals surface area (Å²) in [6.07, 6.45) is -3.66. The highest BCUT2D eigenvalue weighted by molar-refractivity contribution is 5.15. The summed E-state index contributed by atoms with van der Waals surface area (Å²) in [5.41, 5.74) is -0.372. The monoisotopic (exact) mass is 334 g/mol. The average Bonchev–Trinajstić information content (AvgIpc) is 2.88. The maximum absolute atomic E-state index is 12.6. The maximum Gasteiger partial charge on any atom is 0.333 e. The molecular formula is C16H18N2O6. The Morgan fingerprint density at radius 2 is 1.75 bits per heavy atom. The lowest BCUT2D eigenvalue weighted by atomic mass is 10.1. The number of hydrogen-bond acceptors (Lipinski definition) is 6. The van der Waals surface area contributed by atoms with E-state index in [0.717, 1.165) is 14.7 Å². The highest BCUT2D eigenvalue weighted by Gasteiger charge is 2.43. The van der Waals surface area contributed by atoms with Gasteiger partial charge in [-0.1, -0.05) is 30.3 Å². The zero-order valence-electron chi connectivity index (χ0n) is 12.7. The Bertz CT molecular complexity index is 815. The lowest BCUT2D eigenvalue weighted by Crippen LogP contribution is -2.43. The molecule has 0 spiro atoms. The molecule has 0 bridgehead atoms. The van der Waals surface area contributed by atoms with Gasteiger partial charge < -0.3 is 20.1 Å². The van der Waals surface area contributed by atoms with Crippen LogP contribution in [-0.4, -0.2) is 49.4 Å². The Labute approximate surface area is 136 Å². The fraction of sp³-hybridized carbons (Fsp3) is 0.375. The zero-order valence-corrected chi connectivity index (χ0v) is 12.7. The molecule has 128 valence electrons. The molecule has 8 heteroatoms. The molecule has 0 radical (unpaired) electrons. The number of aliphatic hydroxyl groups excluding tert-OH is 3. The SMILES string of the molecule is O=c1ccn([C@@H]2O[C@H](CO)[C@@H](O)[C@H]2O)c(=O)n1Cc1ccccc1. The Hall–Kier alpha value is -2.26. The molecule has 0 amide bonds. The van der Waals surface area contributed by atoms with Crippen LogP contribution in [-0.2, 0) is 11.3 Å². The van der Waals surface area contributed by atoms with E-state index >= 15 is 0 Å². The molecule has 1 saturated heterocycles. The Kier molecular flexibility index (Phi) is 4.63. The highest BCUT2D eigenvalue weighted by atomic mass is 16.6. The topological polar surface area (TPSA) is 114 Å². The third-order valence-corrected chi connectivity index (χ3v) is 4.07. The molecule has 1 aromatic heterocycles. The molecule has 0 aliphatic carbocycles. The van der Waals surface area contributed by atoms with Crippen molar-refractivity contribution in [3.8, 4) is 0 Å². The summed E-state index contributed by atoms with van der Waals surface area (Å²) in [5.74, 6) is 0. The molecule has 4 atom stereocenters. The first kappa shape index (κ1) is 16.6. The minimum atomic E-state index is -1.39. The summed E-state index contributed by atoms with van der Waals surface area (Å²) in [5, 5.41) is 29.0. The van der Waals surface area contributed by atoms with Crippen molar-refractivity contribution in [2.24, 2.45) is 0 Å². The molecule has 0 unspecified atom stereocenters. The van der Waals surface area contributed by atoms with Crippen molar-refractivity contribution < 1.29 is 20.1 Å². The van der Waals surface area contributed by atoms with Crippen LogP contribution in [0.3, 0.4) is 0 Å². The van der Waals surface area contributed by atoms with Crippen LogP contribution in [0.1, 0.15) is 11.8 Å². The minimum Gasteiger partial charge on any atom is -0.394 e. The van der Waals surface area contributed by atoms with Gasteiger partial charge in [0.1, 0.15) is 18.3 Å². The summed E-state index contributed by atoms with van der Waals surface area (Å²) in [6, 6.07) is 10.2. The molecule has 2 aromatic rings. The quantitative estimate of drug-likeness (QED) is 0.638. The van der Waals surface area contributed by atoms with E-state index in [1.54, 1.807) is 24.3 Å². The van der Waals surface area contributed by atoms with E-state index in [0.29, 0.717) is 0 Å². The fourth-order valence-electron chi connectivity index (χ4n) is 2.75. The van der Waals surface area contributed by atoms with Gasteiger partial charge in [0.05, 0.1) is 13.2 Å². The van der Waals surface area contributed by atoms with Crippen LogP contribution < -0.4 is 11.2 Å². The Balaban J connectivity index is 1.98. The standard InChI is InChI=1S/C16H18N2O6/c19-9-11-13(21)14(22)15(24-11)17-7-6-12(20)18(16(17)23)8-10-4-2-1-3-5-10/h1-7,11,13-15,19,21-22H,8-9H2/t11-,13-,14-,15-/m1/s1. The van der Waals surface area contributed by atoms with Crippen molar-refractivity contribution in [3.63, 3.8) is 0 Å². The molecule has 1 aromatic carbocycles. The van der Waals surface area contributed by atoms with E-state index in [1.807, 2.05) is 6.07 Å². The van der Waals surface area contributed by atoms with Crippen molar-refractivity contribution >= 4 is 0 Å². The van der Waals surface area contributed by atoms with Crippen LogP contribution >= 0.6 is 0 Å². The molecule has 3 rings (SSSR count). The van der Waals surface area contributed by atoms with Gasteiger partial charge in [-0.3, -0.25) is 13.9 Å². The van der Waals surface area contributed by atoms with Gasteiger partial charge >= 0.3 is 5.69 Å². The normalized spacial score (nSPS) is 26.6. The maximum atomic E-state index is 12.6. The Morgan fingerprint density at radius 1 is 1.04 bits per heavy atom. The van der Waals surface area contributed by atoms with E-state index in [2.05, 4.69) is 0 Å². The third kappa shape index (κ3) is 2.92. The highest BCUT2D eigenvalue weighted by Crippen LogP contribution is 2.27. The van der Waals surface area contributed by atoms with Gasteiger partial charge in [0.15, 0.2) is 6.23 Å². The predicted molar refractivity (Wildman–Crippen MR) is 83.5 cm³/mol. The number of aromatic nitrogens is 2. The van der Waals surface area contributed by atoms with Crippen LogP contribution in [0.2, 0.25) is 0 Å². The second kappa shape index (κ2) is 6.70. The van der Waals surface area contributed by atoms with Crippen LogP contribution in [0.25, 0.3) is 0 Å². The molecular weight excluding hydrogens is 316 g/mol. The number of hydrogen-bond donors (Lipinski definition) is 3. The summed E-state index contributed by atoms with van der Waals surface area (Å²) >= 11 is 0. The summed E-state index contributed by atoms with van der Waals surface area (Å²) < 4.78 is 7.41. The van der Waals surface area contributed by atoms with Crippen LogP contribution in [0.15, 0.2) is 52.2 Å². The number of aliphatic hydroxyl groups is 3. The first-order valence-corrected chi connectivity index (χ1v) is 7.51. The second-order valence-electron chi connectivity index (χ2n) is 5.64. The van der Waals surface area contributed by atoms with Crippen LogP contribution in [0.5, 0.6) is 0 Å². The van der Waals surface area contributed by atoms with Crippen molar-refractivity contribution in [3.05, 3.63) is 69.0 Å². The largest absolute Gasteiger partial charge is 0.394 e. The smallest absolute Gasteiger partial charge is 0.333 e. The first-order valence-electron chi connectivity index (χ1n) is 7.51. The van der Waals surface area contributed by atoms with Gasteiger partial charge in [-0.2, -0.15) is 0 Å². The molecule has 3 N–H and O–H groups in total. The van der Waals surface area contributed by atoms with E-state index in [1.165, 1.54) is 12.3 Å². The average molecular weight is 334 g/mol. The minimum absolute atomic E-state index is 0.0775. The Morgan fingerprint density at radius 3 is 2.38 bits per heavy atom. The van der Waals surface area contributed by atoms with E-state index in [4.69, 9.17) is 9.84 Å². The van der Waals surface area contributed by atoms with Gasteiger partial charge in [0.25, 0.3) is 5.56 Å². The van der Waals surface area contributed by atoms with Crippen LogP contribution in [0, 0.1) is 0 Å². The fourth-order valence-corrected chi connectivity index (χ4v) is 2.75. The first-order chi connectivity index (χ1) is 11.5. The van der Waals surface area contributed by atoms with Crippen LogP contribution in [0.4, 0.5) is 0 Å². The van der Waals surface area contributed by atoms with E-state index < -0.39 is 42.4 Å². The van der Waals surface area contributed by atoms with Crippen molar-refractivity contribution in [1.82, 2.24) is 9.13 Å². The van der Waals surface area contributed by atoms with Crippen molar-refractivity contribution in [2.45, 2.75) is 31.1 Å². The molecule has 1 fully saturated rings. The lowest BCUT2D eigenvalue weighted by molar-refractivity contribution is -0.0555. The predicted octanol–water partition coefficient (Wildman–Crippen LogP) is -1.33. The van der Waals surface area contributed by atoms with E-state index in [9.17, 15) is 19.8 Å². The molecule has 1 aliphatic rings. The summed E-state index contributed by atoms with van der Waals surface area (Å²) in [7, 11) is 0. The number of benzene rings is 1. The zero-order chi connectivity index (χ0) is 17.3. The second-order valence-corrected chi connectivity index (χ2v) is 5.64. The third-order valence-electron chi connectivity index (χ3n) is 4.07. The molecule has 24 heavy (non-hydrogen) atoms. The summed E-state index contributed by atoms with van der Waals surface area (Å²) in [6.45, 7) is -0.415. The lowest BCUT2D eigenvalue weighted by Gasteiger charge is -2.18. The van der Waals surface area contributed by atoms with Gasteiger partial charge in [-0.05, 0) is 5.56 Å². The number of nitrogens with zero attached hydrogens (tertiary/aromatic N) is 2. The van der Waals surface area contributed by atoms with Gasteiger partial charge in [0.2, 0.25) is 0 Å². The van der Waals surface area contributed by atoms with Gasteiger partial charge in [-0.25, -0.2) is 4.79 Å². The number of rotatable bonds is 4.